The molecule has 2 aliphatic heterocycles. The van der Waals surface area contributed by atoms with E-state index in [4.69, 9.17) is 4.74 Å². The monoisotopic (exact) mass is 254 g/mol. The molecule has 1 N–H and O–H groups in total. The third kappa shape index (κ3) is 3.45. The molecule has 18 heavy (non-hydrogen) atoms. The average molecular weight is 254 g/mol. The first kappa shape index (κ1) is 13.8. The summed E-state index contributed by atoms with van der Waals surface area (Å²) in [7, 11) is 0. The number of amides is 1. The molecule has 1 amide bonds. The van der Waals surface area contributed by atoms with Crippen molar-refractivity contribution < 1.29 is 9.53 Å². The minimum Gasteiger partial charge on any atom is -0.381 e. The van der Waals surface area contributed by atoms with E-state index < -0.39 is 0 Å². The van der Waals surface area contributed by atoms with E-state index in [1.807, 2.05) is 20.8 Å². The third-order valence-electron chi connectivity index (χ3n) is 3.94. The minimum absolute atomic E-state index is 0.168. The van der Waals surface area contributed by atoms with Crippen LogP contribution in [0.15, 0.2) is 0 Å². The summed E-state index contributed by atoms with van der Waals surface area (Å²) in [5.41, 5.74) is -0.286. The van der Waals surface area contributed by atoms with Crippen molar-refractivity contribution in [1.82, 2.24) is 10.2 Å². The minimum atomic E-state index is -0.286. The van der Waals surface area contributed by atoms with Gasteiger partial charge in [-0.15, -0.1) is 0 Å². The second-order valence-corrected chi connectivity index (χ2v) is 6.55. The predicted octanol–water partition coefficient (Wildman–Crippen LogP) is 1.40. The molecule has 1 unspecified atom stereocenters. The maximum absolute atomic E-state index is 12.0. The summed E-state index contributed by atoms with van der Waals surface area (Å²) in [6.07, 6.45) is 3.36. The highest BCUT2D eigenvalue weighted by molar-refractivity contribution is 5.81. The van der Waals surface area contributed by atoms with E-state index in [-0.39, 0.29) is 11.3 Å². The van der Waals surface area contributed by atoms with Gasteiger partial charge in [0.25, 0.3) is 0 Å². The van der Waals surface area contributed by atoms with Crippen LogP contribution in [0, 0.1) is 5.41 Å². The topological polar surface area (TPSA) is 41.6 Å². The van der Waals surface area contributed by atoms with Crippen LogP contribution in [0.2, 0.25) is 0 Å². The molecule has 2 aliphatic rings. The molecule has 2 heterocycles. The molecule has 4 nitrogen and oxygen atoms in total. The zero-order valence-electron chi connectivity index (χ0n) is 11.9. The van der Waals surface area contributed by atoms with E-state index >= 15 is 0 Å². The Morgan fingerprint density at radius 2 is 1.89 bits per heavy atom. The first-order valence-electron chi connectivity index (χ1n) is 7.09. The van der Waals surface area contributed by atoms with Gasteiger partial charge in [0.2, 0.25) is 5.91 Å². The first-order valence-corrected chi connectivity index (χ1v) is 7.09. The van der Waals surface area contributed by atoms with E-state index in [1.165, 1.54) is 0 Å². The summed E-state index contributed by atoms with van der Waals surface area (Å²) in [6, 6.07) is 0.995. The fraction of sp³-hybridized carbons (Fsp3) is 0.929. The van der Waals surface area contributed by atoms with Gasteiger partial charge in [0.05, 0.1) is 0 Å². The van der Waals surface area contributed by atoms with Crippen LogP contribution in [-0.4, -0.2) is 49.2 Å². The normalized spacial score (nSPS) is 27.4. The molecule has 1 atom stereocenters. The molecule has 0 aromatic heterocycles. The summed E-state index contributed by atoms with van der Waals surface area (Å²) in [4.78, 5) is 14.5. The Bertz CT molecular complexity index is 293. The third-order valence-corrected chi connectivity index (χ3v) is 3.94. The van der Waals surface area contributed by atoms with Gasteiger partial charge >= 0.3 is 0 Å². The highest BCUT2D eigenvalue weighted by Crippen LogP contribution is 2.21. The van der Waals surface area contributed by atoms with Gasteiger partial charge in [0.15, 0.2) is 0 Å². The molecular weight excluding hydrogens is 228 g/mol. The van der Waals surface area contributed by atoms with Crippen LogP contribution < -0.4 is 5.32 Å². The van der Waals surface area contributed by atoms with Crippen LogP contribution in [0.1, 0.15) is 40.0 Å². The molecule has 4 heteroatoms. The van der Waals surface area contributed by atoms with Gasteiger partial charge in [-0.05, 0) is 19.3 Å². The van der Waals surface area contributed by atoms with Crippen LogP contribution in [0.5, 0.6) is 0 Å². The number of carbonyl (C=O) groups excluding carboxylic acids is 1. The predicted molar refractivity (Wildman–Crippen MR) is 71.4 cm³/mol. The Morgan fingerprint density at radius 1 is 1.22 bits per heavy atom. The summed E-state index contributed by atoms with van der Waals surface area (Å²) in [5.74, 6) is 0.168. The van der Waals surface area contributed by atoms with Gasteiger partial charge < -0.3 is 10.1 Å². The lowest BCUT2D eigenvalue weighted by Gasteiger charge is -2.31. The van der Waals surface area contributed by atoms with Gasteiger partial charge in [-0.1, -0.05) is 20.8 Å². The highest BCUT2D eigenvalue weighted by Gasteiger charge is 2.32. The number of nitrogens with one attached hydrogen (secondary N) is 1. The van der Waals surface area contributed by atoms with Gasteiger partial charge in [-0.3, -0.25) is 9.69 Å². The molecule has 2 rings (SSSR count). The van der Waals surface area contributed by atoms with E-state index in [1.54, 1.807) is 0 Å². The Hall–Kier alpha value is -0.610. The largest absolute Gasteiger partial charge is 0.381 e. The first-order chi connectivity index (χ1) is 8.47. The quantitative estimate of drug-likeness (QED) is 0.810. The van der Waals surface area contributed by atoms with Crippen LogP contribution in [0.3, 0.4) is 0 Å². The summed E-state index contributed by atoms with van der Waals surface area (Å²) < 4.78 is 5.40. The molecular formula is C14H26N2O2. The van der Waals surface area contributed by atoms with E-state index in [2.05, 4.69) is 10.2 Å². The van der Waals surface area contributed by atoms with Crippen molar-refractivity contribution in [2.45, 2.75) is 52.1 Å². The second kappa shape index (κ2) is 5.57. The lowest BCUT2D eigenvalue weighted by molar-refractivity contribution is -0.129. The molecule has 0 aliphatic carbocycles. The maximum atomic E-state index is 12.0. The van der Waals surface area contributed by atoms with Crippen LogP contribution in [0.4, 0.5) is 0 Å². The number of nitrogens with zero attached hydrogens (tertiary/aromatic N) is 1. The standard InChI is InChI=1S/C14H26N2O2/c1-14(2,3)13(17)15-11-4-7-16(10-11)12-5-8-18-9-6-12/h11-12H,4-10H2,1-3H3,(H,15,17). The number of ether oxygens (including phenoxy) is 1. The van der Waals surface area contributed by atoms with Crippen molar-refractivity contribution in [3.8, 4) is 0 Å². The van der Waals surface area contributed by atoms with Crippen molar-refractivity contribution >= 4 is 5.91 Å². The Labute approximate surface area is 110 Å². The molecule has 0 aromatic rings. The maximum Gasteiger partial charge on any atom is 0.225 e. The van der Waals surface area contributed by atoms with E-state index in [9.17, 15) is 4.79 Å². The van der Waals surface area contributed by atoms with Gasteiger partial charge in [0.1, 0.15) is 0 Å². The number of rotatable bonds is 2. The molecule has 2 fully saturated rings. The van der Waals surface area contributed by atoms with Crippen molar-refractivity contribution in [1.29, 1.82) is 0 Å². The molecule has 0 radical (unpaired) electrons. The molecule has 0 aromatic carbocycles. The van der Waals surface area contributed by atoms with Gasteiger partial charge in [0, 0.05) is 43.8 Å². The molecule has 2 saturated heterocycles. The number of carbonyl (C=O) groups is 1. The van der Waals surface area contributed by atoms with E-state index in [0.717, 1.165) is 45.6 Å². The highest BCUT2D eigenvalue weighted by atomic mass is 16.5. The average Bonchev–Trinajstić information content (AvgIpc) is 2.77. The van der Waals surface area contributed by atoms with Crippen molar-refractivity contribution in [2.75, 3.05) is 26.3 Å². The van der Waals surface area contributed by atoms with Gasteiger partial charge in [-0.25, -0.2) is 0 Å². The zero-order chi connectivity index (χ0) is 13.2. The molecule has 0 saturated carbocycles. The summed E-state index contributed by atoms with van der Waals surface area (Å²) in [5, 5.41) is 3.18. The lowest BCUT2D eigenvalue weighted by atomic mass is 9.95. The fourth-order valence-corrected chi connectivity index (χ4v) is 2.69. The van der Waals surface area contributed by atoms with Crippen LogP contribution in [0.25, 0.3) is 0 Å². The Kier molecular flexibility index (Phi) is 4.28. The van der Waals surface area contributed by atoms with Gasteiger partial charge in [-0.2, -0.15) is 0 Å². The lowest BCUT2D eigenvalue weighted by Crippen LogP contribution is -2.44. The van der Waals surface area contributed by atoms with Crippen LogP contribution >= 0.6 is 0 Å². The van der Waals surface area contributed by atoms with Crippen molar-refractivity contribution in [2.24, 2.45) is 5.41 Å². The molecule has 104 valence electrons. The zero-order valence-corrected chi connectivity index (χ0v) is 11.9. The SMILES string of the molecule is CC(C)(C)C(=O)NC1CCN(C2CCOCC2)C1. The van der Waals surface area contributed by atoms with Crippen molar-refractivity contribution in [3.63, 3.8) is 0 Å². The van der Waals surface area contributed by atoms with Crippen LogP contribution in [-0.2, 0) is 9.53 Å². The Morgan fingerprint density at radius 3 is 2.50 bits per heavy atom. The van der Waals surface area contributed by atoms with Crippen molar-refractivity contribution in [3.05, 3.63) is 0 Å². The molecule has 0 bridgehead atoms. The summed E-state index contributed by atoms with van der Waals surface area (Å²) in [6.45, 7) is 9.79. The number of hydrogen-bond acceptors (Lipinski definition) is 3. The smallest absolute Gasteiger partial charge is 0.225 e. The second-order valence-electron chi connectivity index (χ2n) is 6.55. The number of likely N-dealkylation sites (tertiary alicyclic amines) is 1. The fourth-order valence-electron chi connectivity index (χ4n) is 2.69. The number of hydrogen-bond donors (Lipinski definition) is 1. The summed E-state index contributed by atoms with van der Waals surface area (Å²) >= 11 is 0. The Balaban J connectivity index is 1.79. The van der Waals surface area contributed by atoms with E-state index in [0.29, 0.717) is 12.1 Å². The molecule has 0 spiro atoms.